The highest BCUT2D eigenvalue weighted by molar-refractivity contribution is 6.31. The number of rotatable bonds is 4. The van der Waals surface area contributed by atoms with Crippen molar-refractivity contribution in [1.82, 2.24) is 5.32 Å². The van der Waals surface area contributed by atoms with Crippen molar-refractivity contribution in [1.29, 1.82) is 0 Å². The molecule has 1 aromatic rings. The van der Waals surface area contributed by atoms with Crippen molar-refractivity contribution in [2.45, 2.75) is 19.9 Å². The second-order valence-corrected chi connectivity index (χ2v) is 4.73. The zero-order valence-corrected chi connectivity index (χ0v) is 10.8. The third-order valence-corrected chi connectivity index (χ3v) is 2.94. The lowest BCUT2D eigenvalue weighted by atomic mass is 10.1. The molecule has 0 bridgehead atoms. The Morgan fingerprint density at radius 2 is 2.12 bits per heavy atom. The first-order valence-corrected chi connectivity index (χ1v) is 6.08. The fraction of sp³-hybridized carbons (Fsp3) is 0.417. The fourth-order valence-electron chi connectivity index (χ4n) is 1.26. The van der Waals surface area contributed by atoms with Crippen LogP contribution in [0, 0.1) is 5.92 Å². The van der Waals surface area contributed by atoms with Gasteiger partial charge >= 0.3 is 0 Å². The summed E-state index contributed by atoms with van der Waals surface area (Å²) in [6.45, 7) is 4.04. The molecule has 1 unspecified atom stereocenters. The first-order chi connectivity index (χ1) is 7.54. The summed E-state index contributed by atoms with van der Waals surface area (Å²) in [4.78, 5) is 11.8. The minimum absolute atomic E-state index is 0.0202. The van der Waals surface area contributed by atoms with E-state index in [4.69, 9.17) is 23.2 Å². The molecule has 0 saturated heterocycles. The summed E-state index contributed by atoms with van der Waals surface area (Å²) < 4.78 is 0. The minimum atomic E-state index is -0.137. The van der Waals surface area contributed by atoms with Gasteiger partial charge in [0.05, 0.1) is 0 Å². The van der Waals surface area contributed by atoms with Gasteiger partial charge in [0.2, 0.25) is 0 Å². The summed E-state index contributed by atoms with van der Waals surface area (Å²) >= 11 is 11.6. The van der Waals surface area contributed by atoms with E-state index in [0.29, 0.717) is 22.4 Å². The quantitative estimate of drug-likeness (QED) is 0.826. The predicted molar refractivity (Wildman–Crippen MR) is 68.3 cm³/mol. The van der Waals surface area contributed by atoms with E-state index < -0.39 is 0 Å². The number of nitrogens with one attached hydrogen (secondary N) is 1. The molecule has 0 aliphatic heterocycles. The van der Waals surface area contributed by atoms with E-state index in [2.05, 4.69) is 5.32 Å². The van der Waals surface area contributed by atoms with Crippen LogP contribution in [0.15, 0.2) is 24.3 Å². The van der Waals surface area contributed by atoms with Crippen molar-refractivity contribution in [2.75, 3.05) is 5.88 Å². The van der Waals surface area contributed by atoms with Crippen molar-refractivity contribution in [3.05, 3.63) is 34.9 Å². The highest BCUT2D eigenvalue weighted by atomic mass is 35.5. The van der Waals surface area contributed by atoms with Gasteiger partial charge in [-0.05, 0) is 24.1 Å². The SMILES string of the molecule is CC(C)C(CCl)NC(=O)c1cccc(Cl)c1. The maximum Gasteiger partial charge on any atom is 0.251 e. The van der Waals surface area contributed by atoms with E-state index in [-0.39, 0.29) is 11.9 Å². The minimum Gasteiger partial charge on any atom is -0.348 e. The number of hydrogen-bond acceptors (Lipinski definition) is 1. The van der Waals surface area contributed by atoms with E-state index in [1.807, 2.05) is 13.8 Å². The van der Waals surface area contributed by atoms with Gasteiger partial charge in [0.1, 0.15) is 0 Å². The van der Waals surface area contributed by atoms with Gasteiger partial charge in [-0.25, -0.2) is 0 Å². The number of alkyl halides is 1. The number of benzene rings is 1. The molecular weight excluding hydrogens is 245 g/mol. The normalized spacial score (nSPS) is 12.6. The maximum absolute atomic E-state index is 11.8. The van der Waals surface area contributed by atoms with Gasteiger partial charge < -0.3 is 5.32 Å². The molecule has 1 rings (SSSR count). The van der Waals surface area contributed by atoms with Gasteiger partial charge in [-0.2, -0.15) is 0 Å². The Hall–Kier alpha value is -0.730. The molecule has 1 aromatic carbocycles. The van der Waals surface area contributed by atoms with E-state index >= 15 is 0 Å². The van der Waals surface area contributed by atoms with Gasteiger partial charge in [0.25, 0.3) is 5.91 Å². The van der Waals surface area contributed by atoms with E-state index in [1.165, 1.54) is 0 Å². The molecular formula is C12H15Cl2NO. The molecule has 0 saturated carbocycles. The third kappa shape index (κ3) is 3.69. The van der Waals surface area contributed by atoms with Crippen LogP contribution in [0.3, 0.4) is 0 Å². The van der Waals surface area contributed by atoms with E-state index in [0.717, 1.165) is 0 Å². The molecule has 2 nitrogen and oxygen atoms in total. The monoisotopic (exact) mass is 259 g/mol. The van der Waals surface area contributed by atoms with Gasteiger partial charge in [-0.1, -0.05) is 31.5 Å². The topological polar surface area (TPSA) is 29.1 Å². The zero-order valence-electron chi connectivity index (χ0n) is 9.34. The molecule has 4 heteroatoms. The molecule has 0 aliphatic rings. The zero-order chi connectivity index (χ0) is 12.1. The second-order valence-electron chi connectivity index (χ2n) is 3.99. The largest absolute Gasteiger partial charge is 0.348 e. The molecule has 0 aromatic heterocycles. The van der Waals surface area contributed by atoms with Crippen molar-refractivity contribution in [3.8, 4) is 0 Å². The molecule has 0 radical (unpaired) electrons. The van der Waals surface area contributed by atoms with Crippen LogP contribution in [0.2, 0.25) is 5.02 Å². The van der Waals surface area contributed by atoms with Crippen LogP contribution in [0.1, 0.15) is 24.2 Å². The van der Waals surface area contributed by atoms with Crippen LogP contribution in [-0.4, -0.2) is 17.8 Å². The summed E-state index contributed by atoms with van der Waals surface area (Å²) in [5.41, 5.74) is 0.559. The fourth-order valence-corrected chi connectivity index (χ4v) is 1.89. The smallest absolute Gasteiger partial charge is 0.251 e. The molecule has 0 heterocycles. The Morgan fingerprint density at radius 1 is 1.44 bits per heavy atom. The van der Waals surface area contributed by atoms with Crippen molar-refractivity contribution in [2.24, 2.45) is 5.92 Å². The first kappa shape index (κ1) is 13.3. The summed E-state index contributed by atoms with van der Waals surface area (Å²) in [6, 6.07) is 6.84. The average Bonchev–Trinajstić information content (AvgIpc) is 2.25. The van der Waals surface area contributed by atoms with Gasteiger partial charge in [0.15, 0.2) is 0 Å². The molecule has 16 heavy (non-hydrogen) atoms. The maximum atomic E-state index is 11.8. The molecule has 0 fully saturated rings. The van der Waals surface area contributed by atoms with Crippen LogP contribution < -0.4 is 5.32 Å². The van der Waals surface area contributed by atoms with Gasteiger partial charge in [-0.3, -0.25) is 4.79 Å². The molecule has 0 aliphatic carbocycles. The predicted octanol–water partition coefficient (Wildman–Crippen LogP) is 3.33. The molecule has 0 spiro atoms. The van der Waals surface area contributed by atoms with E-state index in [1.54, 1.807) is 24.3 Å². The summed E-state index contributed by atoms with van der Waals surface area (Å²) in [5.74, 6) is 0.576. The van der Waals surface area contributed by atoms with Crippen molar-refractivity contribution in [3.63, 3.8) is 0 Å². The van der Waals surface area contributed by atoms with Crippen LogP contribution in [0.4, 0.5) is 0 Å². The van der Waals surface area contributed by atoms with Crippen LogP contribution in [-0.2, 0) is 0 Å². The Labute approximate surface area is 106 Å². The number of hydrogen-bond donors (Lipinski definition) is 1. The highest BCUT2D eigenvalue weighted by Crippen LogP contribution is 2.11. The third-order valence-electron chi connectivity index (χ3n) is 2.37. The highest BCUT2D eigenvalue weighted by Gasteiger charge is 2.15. The number of halogens is 2. The first-order valence-electron chi connectivity index (χ1n) is 5.17. The second kappa shape index (κ2) is 6.12. The lowest BCUT2D eigenvalue weighted by molar-refractivity contribution is 0.0931. The van der Waals surface area contributed by atoms with Crippen LogP contribution in [0.5, 0.6) is 0 Å². The van der Waals surface area contributed by atoms with E-state index in [9.17, 15) is 4.79 Å². The summed E-state index contributed by atoms with van der Waals surface area (Å²) in [7, 11) is 0. The Bertz CT molecular complexity index is 366. The summed E-state index contributed by atoms with van der Waals surface area (Å²) in [6.07, 6.45) is 0. The van der Waals surface area contributed by atoms with Crippen LogP contribution >= 0.6 is 23.2 Å². The number of carbonyl (C=O) groups excluding carboxylic acids is 1. The standard InChI is InChI=1S/C12H15Cl2NO/c1-8(2)11(7-13)15-12(16)9-4-3-5-10(14)6-9/h3-6,8,11H,7H2,1-2H3,(H,15,16). The lowest BCUT2D eigenvalue weighted by Gasteiger charge is -2.19. The van der Waals surface area contributed by atoms with Gasteiger partial charge in [0, 0.05) is 22.5 Å². The Kier molecular flexibility index (Phi) is 5.10. The van der Waals surface area contributed by atoms with Gasteiger partial charge in [-0.15, -0.1) is 11.6 Å². The Morgan fingerprint density at radius 3 is 2.62 bits per heavy atom. The van der Waals surface area contributed by atoms with Crippen LogP contribution in [0.25, 0.3) is 0 Å². The van der Waals surface area contributed by atoms with Crippen molar-refractivity contribution >= 4 is 29.1 Å². The number of amides is 1. The van der Waals surface area contributed by atoms with Crippen molar-refractivity contribution < 1.29 is 4.79 Å². The molecule has 88 valence electrons. The average molecular weight is 260 g/mol. The number of carbonyl (C=O) groups is 1. The molecule has 1 amide bonds. The molecule has 1 atom stereocenters. The summed E-state index contributed by atoms with van der Waals surface area (Å²) in [5, 5.41) is 3.44. The molecule has 1 N–H and O–H groups in total. The lowest BCUT2D eigenvalue weighted by Crippen LogP contribution is -2.39. The Balaban J connectivity index is 2.72.